The summed E-state index contributed by atoms with van der Waals surface area (Å²) in [4.78, 5) is 12.3. The zero-order valence-electron chi connectivity index (χ0n) is 20.2. The van der Waals surface area contributed by atoms with E-state index in [4.69, 9.17) is 5.73 Å². The maximum absolute atomic E-state index is 12.3. The molecule has 0 aliphatic heterocycles. The van der Waals surface area contributed by atoms with E-state index in [1.165, 1.54) is 89.0 Å². The van der Waals surface area contributed by atoms with Gasteiger partial charge >= 0.3 is 0 Å². The number of rotatable bonds is 17. The van der Waals surface area contributed by atoms with E-state index in [2.05, 4.69) is 31.2 Å². The summed E-state index contributed by atoms with van der Waals surface area (Å²) in [6.07, 6.45) is 22.7. The van der Waals surface area contributed by atoms with Gasteiger partial charge in [-0.25, -0.2) is 0 Å². The Hall–Kier alpha value is -2.35. The Morgan fingerprint density at radius 1 is 0.719 bits per heavy atom. The molecule has 2 nitrogen and oxygen atoms in total. The normalized spacial score (nSPS) is 11.3. The third-order valence-electron chi connectivity index (χ3n) is 6.20. The van der Waals surface area contributed by atoms with E-state index in [1.807, 2.05) is 18.2 Å². The minimum absolute atomic E-state index is 0.0563. The molecule has 0 aliphatic rings. The first-order valence-electron chi connectivity index (χ1n) is 12.9. The van der Waals surface area contributed by atoms with Crippen LogP contribution in [0.4, 0.5) is 5.69 Å². The predicted octanol–water partition coefficient (Wildman–Crippen LogP) is 8.80. The molecule has 0 fully saturated rings. The first kappa shape index (κ1) is 25.9. The topological polar surface area (TPSA) is 43.1 Å². The minimum Gasteiger partial charge on any atom is -0.398 e. The van der Waals surface area contributed by atoms with Crippen LogP contribution in [0.15, 0.2) is 54.6 Å². The van der Waals surface area contributed by atoms with Crippen LogP contribution in [0.25, 0.3) is 6.08 Å². The van der Waals surface area contributed by atoms with Crippen molar-refractivity contribution in [3.63, 3.8) is 0 Å². The highest BCUT2D eigenvalue weighted by Gasteiger charge is 2.04. The lowest BCUT2D eigenvalue weighted by molar-refractivity contribution is 0.104. The number of benzene rings is 2. The Labute approximate surface area is 196 Å². The van der Waals surface area contributed by atoms with Crippen LogP contribution in [0, 0.1) is 0 Å². The highest BCUT2D eigenvalue weighted by molar-refractivity contribution is 6.10. The van der Waals surface area contributed by atoms with Gasteiger partial charge in [0, 0.05) is 11.3 Å². The lowest BCUT2D eigenvalue weighted by Crippen LogP contribution is -1.99. The van der Waals surface area contributed by atoms with Gasteiger partial charge in [-0.05, 0) is 42.2 Å². The van der Waals surface area contributed by atoms with Crippen molar-refractivity contribution in [3.05, 3.63) is 71.3 Å². The highest BCUT2D eigenvalue weighted by atomic mass is 16.1. The molecule has 0 bridgehead atoms. The smallest absolute Gasteiger partial charge is 0.187 e. The van der Waals surface area contributed by atoms with Crippen molar-refractivity contribution in [3.8, 4) is 0 Å². The quantitative estimate of drug-likeness (QED) is 0.117. The molecule has 2 rings (SSSR count). The molecule has 2 heteroatoms. The van der Waals surface area contributed by atoms with Gasteiger partial charge in [-0.15, -0.1) is 0 Å². The van der Waals surface area contributed by atoms with E-state index >= 15 is 0 Å². The van der Waals surface area contributed by atoms with Crippen molar-refractivity contribution in [2.75, 3.05) is 5.73 Å². The Morgan fingerprint density at radius 3 is 1.81 bits per heavy atom. The lowest BCUT2D eigenvalue weighted by atomic mass is 10.0. The molecule has 174 valence electrons. The summed E-state index contributed by atoms with van der Waals surface area (Å²) in [5, 5.41) is 0. The van der Waals surface area contributed by atoms with Crippen LogP contribution in [0.1, 0.15) is 112 Å². The Balaban J connectivity index is 1.53. The number of ketones is 1. The first-order valence-corrected chi connectivity index (χ1v) is 12.9. The molecule has 0 radical (unpaired) electrons. The molecule has 2 aromatic rings. The standard InChI is InChI=1S/C30H43NO/c1-2-3-4-5-6-7-8-9-10-11-12-13-14-17-26-20-22-27(23-21-26)24-25-30(32)28-18-15-16-19-29(28)31/h15-16,18-25H,2-14,17,31H2,1H3. The van der Waals surface area contributed by atoms with Crippen molar-refractivity contribution in [2.24, 2.45) is 0 Å². The molecule has 0 aromatic heterocycles. The van der Waals surface area contributed by atoms with Gasteiger partial charge in [0.1, 0.15) is 0 Å². The van der Waals surface area contributed by atoms with E-state index in [0.29, 0.717) is 11.3 Å². The van der Waals surface area contributed by atoms with E-state index in [1.54, 1.807) is 18.2 Å². The van der Waals surface area contributed by atoms with Gasteiger partial charge in [-0.2, -0.15) is 0 Å². The molecular weight excluding hydrogens is 390 g/mol. The molecule has 0 saturated carbocycles. The fraction of sp³-hybridized carbons (Fsp3) is 0.500. The third-order valence-corrected chi connectivity index (χ3v) is 6.20. The second kappa shape index (κ2) is 16.3. The summed E-state index contributed by atoms with van der Waals surface area (Å²) in [5.74, 6) is -0.0563. The number of nitrogens with two attached hydrogens (primary N) is 1. The predicted molar refractivity (Wildman–Crippen MR) is 140 cm³/mol. The molecule has 0 spiro atoms. The lowest BCUT2D eigenvalue weighted by Gasteiger charge is -2.04. The summed E-state index contributed by atoms with van der Waals surface area (Å²) in [6.45, 7) is 2.28. The van der Waals surface area contributed by atoms with E-state index in [9.17, 15) is 4.79 Å². The second-order valence-electron chi connectivity index (χ2n) is 9.02. The fourth-order valence-electron chi connectivity index (χ4n) is 4.13. The van der Waals surface area contributed by atoms with Crippen molar-refractivity contribution >= 4 is 17.5 Å². The zero-order valence-corrected chi connectivity index (χ0v) is 20.2. The minimum atomic E-state index is -0.0563. The number of nitrogen functional groups attached to an aromatic ring is 1. The largest absolute Gasteiger partial charge is 0.398 e. The van der Waals surface area contributed by atoms with Gasteiger partial charge in [-0.3, -0.25) is 4.79 Å². The van der Waals surface area contributed by atoms with Crippen LogP contribution in [-0.2, 0) is 6.42 Å². The van der Waals surface area contributed by atoms with Gasteiger partial charge in [0.25, 0.3) is 0 Å². The van der Waals surface area contributed by atoms with Gasteiger partial charge in [0.05, 0.1) is 0 Å². The summed E-state index contributed by atoms with van der Waals surface area (Å²) >= 11 is 0. The monoisotopic (exact) mass is 433 g/mol. The molecule has 2 aromatic carbocycles. The van der Waals surface area contributed by atoms with Gasteiger partial charge in [-0.1, -0.05) is 126 Å². The first-order chi connectivity index (χ1) is 15.7. The zero-order chi connectivity index (χ0) is 22.9. The van der Waals surface area contributed by atoms with Crippen LogP contribution >= 0.6 is 0 Å². The van der Waals surface area contributed by atoms with Crippen LogP contribution in [-0.4, -0.2) is 5.78 Å². The molecule has 0 heterocycles. The maximum atomic E-state index is 12.3. The molecule has 0 amide bonds. The second-order valence-corrected chi connectivity index (χ2v) is 9.02. The molecule has 0 unspecified atom stereocenters. The molecule has 0 atom stereocenters. The van der Waals surface area contributed by atoms with Crippen LogP contribution in [0.2, 0.25) is 0 Å². The summed E-state index contributed by atoms with van der Waals surface area (Å²) in [6, 6.07) is 15.7. The molecule has 2 N–H and O–H groups in total. The van der Waals surface area contributed by atoms with E-state index in [-0.39, 0.29) is 5.78 Å². The number of carbonyl (C=O) groups excluding carboxylic acids is 1. The number of hydrogen-bond donors (Lipinski definition) is 1. The number of allylic oxidation sites excluding steroid dienone is 1. The van der Waals surface area contributed by atoms with Gasteiger partial charge in [0.2, 0.25) is 0 Å². The van der Waals surface area contributed by atoms with E-state index < -0.39 is 0 Å². The number of hydrogen-bond acceptors (Lipinski definition) is 2. The third kappa shape index (κ3) is 10.8. The van der Waals surface area contributed by atoms with Crippen molar-refractivity contribution in [1.82, 2.24) is 0 Å². The average Bonchev–Trinajstić information content (AvgIpc) is 2.81. The summed E-state index contributed by atoms with van der Waals surface area (Å²) < 4.78 is 0. The van der Waals surface area contributed by atoms with Crippen LogP contribution < -0.4 is 5.73 Å². The van der Waals surface area contributed by atoms with E-state index in [0.717, 1.165) is 12.0 Å². The summed E-state index contributed by atoms with van der Waals surface area (Å²) in [7, 11) is 0. The van der Waals surface area contributed by atoms with Crippen molar-refractivity contribution in [2.45, 2.75) is 96.8 Å². The Bertz CT molecular complexity index is 791. The highest BCUT2D eigenvalue weighted by Crippen LogP contribution is 2.16. The molecule has 0 saturated heterocycles. The fourth-order valence-corrected chi connectivity index (χ4v) is 4.13. The van der Waals surface area contributed by atoms with Gasteiger partial charge < -0.3 is 5.73 Å². The number of unbranched alkanes of at least 4 members (excludes halogenated alkanes) is 12. The van der Waals surface area contributed by atoms with Crippen LogP contribution in [0.3, 0.4) is 0 Å². The number of aryl methyl sites for hydroxylation is 1. The Kier molecular flexibility index (Phi) is 13.2. The Morgan fingerprint density at radius 2 is 1.25 bits per heavy atom. The van der Waals surface area contributed by atoms with Gasteiger partial charge in [0.15, 0.2) is 5.78 Å². The SMILES string of the molecule is CCCCCCCCCCCCCCCc1ccc(C=CC(=O)c2ccccc2N)cc1. The van der Waals surface area contributed by atoms with Crippen LogP contribution in [0.5, 0.6) is 0 Å². The number of anilines is 1. The molecule has 32 heavy (non-hydrogen) atoms. The van der Waals surface area contributed by atoms with Crippen molar-refractivity contribution < 1.29 is 4.79 Å². The summed E-state index contributed by atoms with van der Waals surface area (Å²) in [5.41, 5.74) is 9.38. The number of carbonyl (C=O) groups is 1. The van der Waals surface area contributed by atoms with Crippen molar-refractivity contribution in [1.29, 1.82) is 0 Å². The maximum Gasteiger partial charge on any atom is 0.187 e. The average molecular weight is 434 g/mol. The number of para-hydroxylation sites is 1. The molecular formula is C30H43NO. The molecule has 0 aliphatic carbocycles.